The van der Waals surface area contributed by atoms with E-state index in [9.17, 15) is 14.4 Å². The summed E-state index contributed by atoms with van der Waals surface area (Å²) in [4.78, 5) is 36.1. The topological polar surface area (TPSA) is 90.9 Å². The van der Waals surface area contributed by atoms with Crippen LogP contribution in [0.5, 0.6) is 11.5 Å². The van der Waals surface area contributed by atoms with Gasteiger partial charge in [-0.25, -0.2) is 4.79 Å². The molecule has 0 radical (unpaired) electrons. The Kier molecular flexibility index (Phi) is 7.00. The molecule has 0 heterocycles. The molecule has 7 heteroatoms. The third-order valence-corrected chi connectivity index (χ3v) is 4.56. The zero-order chi connectivity index (χ0) is 19.1. The van der Waals surface area contributed by atoms with E-state index in [0.29, 0.717) is 11.5 Å². The predicted molar refractivity (Wildman–Crippen MR) is 94.3 cm³/mol. The zero-order valence-electron chi connectivity index (χ0n) is 15.4. The first-order valence-electron chi connectivity index (χ1n) is 8.69. The maximum absolute atomic E-state index is 12.2. The van der Waals surface area contributed by atoms with Gasteiger partial charge in [-0.3, -0.25) is 14.9 Å². The number of carbonyl (C=O) groups is 3. The molecule has 0 unspecified atom stereocenters. The molecule has 26 heavy (non-hydrogen) atoms. The van der Waals surface area contributed by atoms with Crippen LogP contribution in [0.2, 0.25) is 0 Å². The van der Waals surface area contributed by atoms with Gasteiger partial charge in [-0.05, 0) is 31.9 Å². The number of ether oxygens (including phenoxy) is 3. The van der Waals surface area contributed by atoms with Gasteiger partial charge in [-0.2, -0.15) is 0 Å². The van der Waals surface area contributed by atoms with Gasteiger partial charge in [0.25, 0.3) is 5.91 Å². The molecule has 7 nitrogen and oxygen atoms in total. The fourth-order valence-corrected chi connectivity index (χ4v) is 3.06. The van der Waals surface area contributed by atoms with Gasteiger partial charge in [0.05, 0.1) is 19.8 Å². The van der Waals surface area contributed by atoms with Crippen LogP contribution in [-0.2, 0) is 14.3 Å². The van der Waals surface area contributed by atoms with E-state index in [1.54, 1.807) is 6.92 Å². The zero-order valence-corrected chi connectivity index (χ0v) is 15.4. The summed E-state index contributed by atoms with van der Waals surface area (Å²) in [5.41, 5.74) is 0.957. The average Bonchev–Trinajstić information content (AvgIpc) is 2.66. The fourth-order valence-electron chi connectivity index (χ4n) is 3.06. The number of methoxy groups -OCH3 is 2. The molecule has 1 fully saturated rings. The number of benzene rings is 1. The molecule has 0 spiro atoms. The first-order valence-corrected chi connectivity index (χ1v) is 8.69. The van der Waals surface area contributed by atoms with Crippen molar-refractivity contribution in [2.24, 2.45) is 5.92 Å². The van der Waals surface area contributed by atoms with Crippen LogP contribution in [0.4, 0.5) is 0 Å². The van der Waals surface area contributed by atoms with Crippen LogP contribution in [0.3, 0.4) is 0 Å². The van der Waals surface area contributed by atoms with Gasteiger partial charge in [0.2, 0.25) is 5.91 Å². The highest BCUT2D eigenvalue weighted by Crippen LogP contribution is 2.29. The average molecular weight is 363 g/mol. The maximum atomic E-state index is 12.2. The number of rotatable bonds is 6. The molecule has 1 saturated carbocycles. The lowest BCUT2D eigenvalue weighted by molar-refractivity contribution is -0.135. The van der Waals surface area contributed by atoms with Gasteiger partial charge in [0.1, 0.15) is 11.5 Å². The molecular formula is C19H25NO6. The van der Waals surface area contributed by atoms with Crippen molar-refractivity contribution in [3.8, 4) is 11.5 Å². The third-order valence-electron chi connectivity index (χ3n) is 4.56. The second-order valence-corrected chi connectivity index (χ2v) is 6.33. The molecule has 1 aliphatic rings. The van der Waals surface area contributed by atoms with Crippen LogP contribution >= 0.6 is 0 Å². The van der Waals surface area contributed by atoms with Crippen LogP contribution < -0.4 is 14.8 Å². The first kappa shape index (κ1) is 19.8. The van der Waals surface area contributed by atoms with E-state index < -0.39 is 18.5 Å². The third kappa shape index (κ3) is 4.97. The van der Waals surface area contributed by atoms with Crippen molar-refractivity contribution in [1.82, 2.24) is 5.32 Å². The highest BCUT2D eigenvalue weighted by Gasteiger charge is 2.23. The Hall–Kier alpha value is -2.57. The van der Waals surface area contributed by atoms with Crippen molar-refractivity contribution in [3.05, 3.63) is 23.3 Å². The Bertz CT molecular complexity index is 654. The van der Waals surface area contributed by atoms with Gasteiger partial charge in [0.15, 0.2) is 6.61 Å². The van der Waals surface area contributed by atoms with Crippen molar-refractivity contribution in [2.75, 3.05) is 20.8 Å². The second kappa shape index (κ2) is 9.22. The molecule has 0 aliphatic heterocycles. The van der Waals surface area contributed by atoms with Crippen LogP contribution in [0.1, 0.15) is 48.0 Å². The molecule has 0 atom stereocenters. The molecule has 142 valence electrons. The van der Waals surface area contributed by atoms with Crippen LogP contribution in [0.25, 0.3) is 0 Å². The van der Waals surface area contributed by atoms with Crippen LogP contribution in [0, 0.1) is 12.8 Å². The van der Waals surface area contributed by atoms with Crippen molar-refractivity contribution in [1.29, 1.82) is 0 Å². The summed E-state index contributed by atoms with van der Waals surface area (Å²) in [5, 5.41) is 2.31. The maximum Gasteiger partial charge on any atom is 0.338 e. The normalized spacial score (nSPS) is 14.4. The number of amides is 2. The van der Waals surface area contributed by atoms with Crippen molar-refractivity contribution >= 4 is 17.8 Å². The molecule has 0 saturated heterocycles. The molecular weight excluding hydrogens is 338 g/mol. The van der Waals surface area contributed by atoms with E-state index in [2.05, 4.69) is 5.32 Å². The lowest BCUT2D eigenvalue weighted by Gasteiger charge is -2.20. The predicted octanol–water partition coefficient (Wildman–Crippen LogP) is 2.39. The van der Waals surface area contributed by atoms with E-state index >= 15 is 0 Å². The molecule has 1 aliphatic carbocycles. The fraction of sp³-hybridized carbons (Fsp3) is 0.526. The Morgan fingerprint density at radius 2 is 1.62 bits per heavy atom. The molecule has 1 aromatic rings. The monoisotopic (exact) mass is 363 g/mol. The first-order chi connectivity index (χ1) is 12.5. The van der Waals surface area contributed by atoms with Gasteiger partial charge in [0, 0.05) is 11.5 Å². The molecule has 1 aromatic carbocycles. The minimum absolute atomic E-state index is 0.131. The van der Waals surface area contributed by atoms with E-state index in [0.717, 1.165) is 37.7 Å². The van der Waals surface area contributed by atoms with Gasteiger partial charge < -0.3 is 14.2 Å². The molecule has 0 aromatic heterocycles. The quantitative estimate of drug-likeness (QED) is 0.781. The SMILES string of the molecule is COc1cc(C(=O)OCC(=O)NC(=O)C2CCCCC2)cc(OC)c1C. The Morgan fingerprint density at radius 1 is 1.04 bits per heavy atom. The van der Waals surface area contributed by atoms with Crippen molar-refractivity contribution < 1.29 is 28.6 Å². The van der Waals surface area contributed by atoms with E-state index in [1.165, 1.54) is 26.4 Å². The summed E-state index contributed by atoms with van der Waals surface area (Å²) in [6.45, 7) is 1.28. The van der Waals surface area contributed by atoms with E-state index in [4.69, 9.17) is 14.2 Å². The van der Waals surface area contributed by atoms with E-state index in [1.807, 2.05) is 0 Å². The lowest BCUT2D eigenvalue weighted by atomic mass is 9.89. The minimum Gasteiger partial charge on any atom is -0.496 e. The number of carbonyl (C=O) groups excluding carboxylic acids is 3. The Morgan fingerprint density at radius 3 is 2.15 bits per heavy atom. The number of esters is 1. The summed E-state index contributed by atoms with van der Waals surface area (Å²) in [6.07, 6.45) is 4.71. The van der Waals surface area contributed by atoms with Gasteiger partial charge in [-0.1, -0.05) is 19.3 Å². The minimum atomic E-state index is -0.693. The highest BCUT2D eigenvalue weighted by atomic mass is 16.5. The lowest BCUT2D eigenvalue weighted by Crippen LogP contribution is -2.38. The van der Waals surface area contributed by atoms with Crippen LogP contribution in [0.15, 0.2) is 12.1 Å². The summed E-state index contributed by atoms with van der Waals surface area (Å²) in [7, 11) is 2.97. The highest BCUT2D eigenvalue weighted by molar-refractivity contribution is 5.98. The summed E-state index contributed by atoms with van der Waals surface area (Å²) >= 11 is 0. The largest absolute Gasteiger partial charge is 0.496 e. The molecule has 1 N–H and O–H groups in total. The van der Waals surface area contributed by atoms with E-state index in [-0.39, 0.29) is 17.4 Å². The Labute approximate surface area is 153 Å². The molecule has 0 bridgehead atoms. The van der Waals surface area contributed by atoms with Crippen molar-refractivity contribution in [3.63, 3.8) is 0 Å². The summed E-state index contributed by atoms with van der Waals surface area (Å²) in [5.74, 6) is -0.776. The van der Waals surface area contributed by atoms with Crippen LogP contribution in [-0.4, -0.2) is 38.6 Å². The molecule has 2 rings (SSSR count). The number of hydrogen-bond donors (Lipinski definition) is 1. The number of nitrogens with one attached hydrogen (secondary N) is 1. The van der Waals surface area contributed by atoms with Gasteiger partial charge in [-0.15, -0.1) is 0 Å². The second-order valence-electron chi connectivity index (χ2n) is 6.33. The Balaban J connectivity index is 1.91. The smallest absolute Gasteiger partial charge is 0.338 e. The van der Waals surface area contributed by atoms with Crippen molar-refractivity contribution in [2.45, 2.75) is 39.0 Å². The summed E-state index contributed by atoms with van der Waals surface area (Å²) < 4.78 is 15.4. The molecule has 2 amide bonds. The summed E-state index contributed by atoms with van der Waals surface area (Å²) in [6, 6.07) is 3.04. The van der Waals surface area contributed by atoms with Gasteiger partial charge >= 0.3 is 5.97 Å². The standard InChI is InChI=1S/C19H25NO6/c1-12-15(24-2)9-14(10-16(12)25-3)19(23)26-11-17(21)20-18(22)13-7-5-4-6-8-13/h9-10,13H,4-8,11H2,1-3H3,(H,20,21,22). The number of imide groups is 1. The number of hydrogen-bond acceptors (Lipinski definition) is 6.